The number of pyridine rings is 2. The van der Waals surface area contributed by atoms with E-state index in [-0.39, 0.29) is 11.9 Å². The lowest BCUT2D eigenvalue weighted by Crippen LogP contribution is -2.39. The lowest BCUT2D eigenvalue weighted by Gasteiger charge is -2.36. The zero-order chi connectivity index (χ0) is 17.9. The van der Waals surface area contributed by atoms with E-state index in [1.807, 2.05) is 17.0 Å². The van der Waals surface area contributed by atoms with Gasteiger partial charge in [-0.2, -0.15) is 0 Å². The Balaban J connectivity index is 1.51. The van der Waals surface area contributed by atoms with Crippen LogP contribution >= 0.6 is 11.6 Å². The number of carbonyl (C=O) groups excluding carboxylic acids is 1. The Kier molecular flexibility index (Phi) is 5.07. The minimum absolute atomic E-state index is 0.0803. The summed E-state index contributed by atoms with van der Waals surface area (Å²) in [4.78, 5) is 23.9. The maximum Gasteiger partial charge on any atom is 0.229 e. The van der Waals surface area contributed by atoms with Gasteiger partial charge in [0.05, 0.1) is 18.2 Å². The van der Waals surface area contributed by atoms with Gasteiger partial charge in [0.2, 0.25) is 5.91 Å². The van der Waals surface area contributed by atoms with E-state index in [0.717, 1.165) is 62.3 Å². The standard InChI is InChI=1S/C20H23ClN4O/c21-18-9-7-15(13-23-18)17-5-1-2-11-25(17)19(26)12-16-8-6-14-4-3-10-22-20(14)24-16/h6-9,13,17H,1-5,10-12H2,(H,22,24). The third-order valence-electron chi connectivity index (χ3n) is 5.24. The number of likely N-dealkylation sites (tertiary alicyclic amines) is 1. The monoisotopic (exact) mass is 370 g/mol. The van der Waals surface area contributed by atoms with E-state index in [1.54, 1.807) is 12.3 Å². The Hall–Kier alpha value is -2.14. The van der Waals surface area contributed by atoms with Crippen LogP contribution in [-0.4, -0.2) is 33.9 Å². The molecule has 1 N–H and O–H groups in total. The SMILES string of the molecule is O=C(Cc1ccc2c(n1)NCCC2)N1CCCCC1c1ccc(Cl)nc1. The molecule has 1 atom stereocenters. The summed E-state index contributed by atoms with van der Waals surface area (Å²) in [5, 5.41) is 3.82. The molecule has 1 saturated heterocycles. The van der Waals surface area contributed by atoms with Crippen molar-refractivity contribution in [1.29, 1.82) is 0 Å². The summed E-state index contributed by atoms with van der Waals surface area (Å²) in [7, 11) is 0. The average Bonchev–Trinajstić information content (AvgIpc) is 2.68. The molecule has 6 heteroatoms. The fraction of sp³-hybridized carbons (Fsp3) is 0.450. The number of halogens is 1. The summed E-state index contributed by atoms with van der Waals surface area (Å²) in [6, 6.07) is 7.95. The van der Waals surface area contributed by atoms with Gasteiger partial charge in [-0.15, -0.1) is 0 Å². The van der Waals surface area contributed by atoms with Gasteiger partial charge in [-0.05, 0) is 55.4 Å². The average molecular weight is 371 g/mol. The Morgan fingerprint density at radius 3 is 3.00 bits per heavy atom. The number of hydrogen-bond acceptors (Lipinski definition) is 4. The first-order valence-electron chi connectivity index (χ1n) is 9.34. The Labute approximate surface area is 158 Å². The second-order valence-electron chi connectivity index (χ2n) is 7.03. The largest absolute Gasteiger partial charge is 0.370 e. The van der Waals surface area contributed by atoms with E-state index in [0.29, 0.717) is 11.6 Å². The Bertz CT molecular complexity index is 793. The highest BCUT2D eigenvalue weighted by Crippen LogP contribution is 2.31. The summed E-state index contributed by atoms with van der Waals surface area (Å²) in [6.07, 6.45) is 7.46. The molecular formula is C20H23ClN4O. The van der Waals surface area contributed by atoms with E-state index in [4.69, 9.17) is 11.6 Å². The van der Waals surface area contributed by atoms with Crippen molar-refractivity contribution in [3.63, 3.8) is 0 Å². The molecule has 1 amide bonds. The number of piperidine rings is 1. The number of rotatable bonds is 3. The normalized spacial score (nSPS) is 19.6. The van der Waals surface area contributed by atoms with Crippen LogP contribution in [0.25, 0.3) is 0 Å². The van der Waals surface area contributed by atoms with Gasteiger partial charge in [-0.25, -0.2) is 9.97 Å². The highest BCUT2D eigenvalue weighted by molar-refractivity contribution is 6.29. The quantitative estimate of drug-likeness (QED) is 0.835. The van der Waals surface area contributed by atoms with Crippen molar-refractivity contribution in [3.05, 3.63) is 52.4 Å². The summed E-state index contributed by atoms with van der Waals surface area (Å²) in [5.41, 5.74) is 3.14. The Morgan fingerprint density at radius 1 is 1.23 bits per heavy atom. The van der Waals surface area contributed by atoms with E-state index < -0.39 is 0 Å². The molecule has 5 nitrogen and oxygen atoms in total. The topological polar surface area (TPSA) is 58.1 Å². The molecule has 2 aromatic rings. The molecule has 4 rings (SSSR count). The predicted octanol–water partition coefficient (Wildman–Crippen LogP) is 3.78. The van der Waals surface area contributed by atoms with Crippen molar-refractivity contribution < 1.29 is 4.79 Å². The Morgan fingerprint density at radius 2 is 2.15 bits per heavy atom. The third-order valence-corrected chi connectivity index (χ3v) is 5.47. The number of carbonyl (C=O) groups is 1. The molecule has 1 fully saturated rings. The number of anilines is 1. The third kappa shape index (κ3) is 3.68. The van der Waals surface area contributed by atoms with E-state index in [2.05, 4.69) is 21.4 Å². The number of aryl methyl sites for hydroxylation is 1. The second kappa shape index (κ2) is 7.62. The van der Waals surface area contributed by atoms with Gasteiger partial charge < -0.3 is 10.2 Å². The lowest BCUT2D eigenvalue weighted by molar-refractivity contribution is -0.134. The fourth-order valence-corrected chi connectivity index (χ4v) is 4.00. The van der Waals surface area contributed by atoms with Gasteiger partial charge in [-0.1, -0.05) is 23.7 Å². The molecule has 0 saturated carbocycles. The van der Waals surface area contributed by atoms with E-state index in [9.17, 15) is 4.79 Å². The van der Waals surface area contributed by atoms with Crippen molar-refractivity contribution in [2.24, 2.45) is 0 Å². The number of amides is 1. The highest BCUT2D eigenvalue weighted by atomic mass is 35.5. The summed E-state index contributed by atoms with van der Waals surface area (Å²) in [5.74, 6) is 1.08. The predicted molar refractivity (Wildman–Crippen MR) is 102 cm³/mol. The number of aromatic nitrogens is 2. The van der Waals surface area contributed by atoms with Gasteiger partial charge >= 0.3 is 0 Å². The minimum Gasteiger partial charge on any atom is -0.370 e. The molecule has 0 aliphatic carbocycles. The number of fused-ring (bicyclic) bond motifs is 1. The van der Waals surface area contributed by atoms with Gasteiger partial charge in [0, 0.05) is 19.3 Å². The molecule has 0 spiro atoms. The molecule has 0 aromatic carbocycles. The molecule has 26 heavy (non-hydrogen) atoms. The first kappa shape index (κ1) is 17.3. The number of nitrogens with one attached hydrogen (secondary N) is 1. The highest BCUT2D eigenvalue weighted by Gasteiger charge is 2.28. The van der Waals surface area contributed by atoms with Crippen molar-refractivity contribution in [2.75, 3.05) is 18.4 Å². The molecule has 2 aliphatic rings. The maximum absolute atomic E-state index is 13.0. The van der Waals surface area contributed by atoms with Gasteiger partial charge in [0.25, 0.3) is 0 Å². The van der Waals surface area contributed by atoms with Crippen LogP contribution in [-0.2, 0) is 17.6 Å². The van der Waals surface area contributed by atoms with Crippen LogP contribution in [0.5, 0.6) is 0 Å². The van der Waals surface area contributed by atoms with Crippen LogP contribution in [0.15, 0.2) is 30.5 Å². The van der Waals surface area contributed by atoms with Crippen molar-refractivity contribution in [1.82, 2.24) is 14.9 Å². The zero-order valence-electron chi connectivity index (χ0n) is 14.7. The minimum atomic E-state index is 0.0803. The molecule has 0 bridgehead atoms. The molecular weight excluding hydrogens is 348 g/mol. The summed E-state index contributed by atoms with van der Waals surface area (Å²) >= 11 is 5.91. The van der Waals surface area contributed by atoms with Crippen molar-refractivity contribution in [2.45, 2.75) is 44.6 Å². The molecule has 4 heterocycles. The molecule has 136 valence electrons. The molecule has 0 radical (unpaired) electrons. The maximum atomic E-state index is 13.0. The lowest BCUT2D eigenvalue weighted by atomic mass is 9.96. The van der Waals surface area contributed by atoms with Crippen LogP contribution in [0.2, 0.25) is 5.15 Å². The van der Waals surface area contributed by atoms with E-state index >= 15 is 0 Å². The van der Waals surface area contributed by atoms with Crippen LogP contribution in [0.4, 0.5) is 5.82 Å². The van der Waals surface area contributed by atoms with Gasteiger partial charge in [-0.3, -0.25) is 4.79 Å². The molecule has 2 aliphatic heterocycles. The number of hydrogen-bond donors (Lipinski definition) is 1. The van der Waals surface area contributed by atoms with Crippen molar-refractivity contribution >= 4 is 23.3 Å². The van der Waals surface area contributed by atoms with Crippen molar-refractivity contribution in [3.8, 4) is 0 Å². The first-order chi connectivity index (χ1) is 12.7. The van der Waals surface area contributed by atoms with Gasteiger partial charge in [0.15, 0.2) is 0 Å². The smallest absolute Gasteiger partial charge is 0.229 e. The van der Waals surface area contributed by atoms with Crippen LogP contribution in [0.3, 0.4) is 0 Å². The van der Waals surface area contributed by atoms with Crippen LogP contribution in [0, 0.1) is 0 Å². The number of nitrogens with zero attached hydrogens (tertiary/aromatic N) is 3. The summed E-state index contributed by atoms with van der Waals surface area (Å²) < 4.78 is 0. The van der Waals surface area contributed by atoms with Crippen LogP contribution < -0.4 is 5.32 Å². The fourth-order valence-electron chi connectivity index (χ4n) is 3.88. The van der Waals surface area contributed by atoms with Gasteiger partial charge in [0.1, 0.15) is 11.0 Å². The molecule has 1 unspecified atom stereocenters. The zero-order valence-corrected chi connectivity index (χ0v) is 15.5. The second-order valence-corrected chi connectivity index (χ2v) is 7.42. The van der Waals surface area contributed by atoms with Crippen LogP contribution in [0.1, 0.15) is 48.5 Å². The summed E-state index contributed by atoms with van der Waals surface area (Å²) in [6.45, 7) is 1.74. The molecule has 2 aromatic heterocycles. The first-order valence-corrected chi connectivity index (χ1v) is 9.72. The van der Waals surface area contributed by atoms with E-state index in [1.165, 1.54) is 5.56 Å².